The Hall–Kier alpha value is -1.61. The predicted molar refractivity (Wildman–Crippen MR) is 82.4 cm³/mol. The minimum Gasteiger partial charge on any atom is -0.298 e. The Balaban J connectivity index is 2.48. The van der Waals surface area contributed by atoms with Crippen LogP contribution in [0.5, 0.6) is 0 Å². The topological polar surface area (TPSA) is 34.9 Å². The van der Waals surface area contributed by atoms with E-state index >= 15 is 0 Å². The highest BCUT2D eigenvalue weighted by Gasteiger charge is 2.14. The van der Waals surface area contributed by atoms with Crippen molar-refractivity contribution in [1.82, 2.24) is 9.78 Å². The molecule has 0 aliphatic heterocycles. The summed E-state index contributed by atoms with van der Waals surface area (Å²) in [5, 5.41) is 5.16. The van der Waals surface area contributed by atoms with Crippen LogP contribution in [0.25, 0.3) is 11.3 Å². The summed E-state index contributed by atoms with van der Waals surface area (Å²) in [6.07, 6.45) is 4.77. The fourth-order valence-corrected chi connectivity index (χ4v) is 2.44. The van der Waals surface area contributed by atoms with Gasteiger partial charge in [0.05, 0.1) is 10.6 Å². The third kappa shape index (κ3) is 2.93. The van der Waals surface area contributed by atoms with Gasteiger partial charge in [-0.1, -0.05) is 24.9 Å². The summed E-state index contributed by atoms with van der Waals surface area (Å²) < 4.78 is 1.83. The number of benzene rings is 1. The molecule has 0 fully saturated rings. The number of carbonyl (C=O) groups excluding carboxylic acids is 1. The van der Waals surface area contributed by atoms with Crippen molar-refractivity contribution < 1.29 is 4.79 Å². The van der Waals surface area contributed by atoms with E-state index in [9.17, 15) is 4.79 Å². The maximum absolute atomic E-state index is 11.3. The van der Waals surface area contributed by atoms with Crippen molar-refractivity contribution in [2.45, 2.75) is 40.2 Å². The number of aryl methyl sites for hydroxylation is 3. The first kappa shape index (κ1) is 14.8. The normalized spacial score (nSPS) is 10.8. The van der Waals surface area contributed by atoms with Crippen LogP contribution in [0.15, 0.2) is 18.3 Å². The smallest absolute Gasteiger partial charge is 0.153 e. The second-order valence-electron chi connectivity index (χ2n) is 5.08. The molecule has 0 amide bonds. The molecule has 0 spiro atoms. The Morgan fingerprint density at radius 2 is 2.00 bits per heavy atom. The average Bonchev–Trinajstić information content (AvgIpc) is 2.83. The van der Waals surface area contributed by atoms with Gasteiger partial charge in [-0.3, -0.25) is 9.48 Å². The van der Waals surface area contributed by atoms with Gasteiger partial charge in [-0.15, -0.1) is 0 Å². The van der Waals surface area contributed by atoms with Gasteiger partial charge in [0.2, 0.25) is 0 Å². The molecule has 20 heavy (non-hydrogen) atoms. The molecule has 0 aliphatic carbocycles. The number of hydrogen-bond donors (Lipinski definition) is 0. The van der Waals surface area contributed by atoms with Gasteiger partial charge in [0.25, 0.3) is 0 Å². The molecule has 4 heteroatoms. The van der Waals surface area contributed by atoms with Crippen LogP contribution in [0, 0.1) is 13.8 Å². The number of hydrogen-bond acceptors (Lipinski definition) is 2. The van der Waals surface area contributed by atoms with Gasteiger partial charge >= 0.3 is 0 Å². The van der Waals surface area contributed by atoms with Crippen LogP contribution >= 0.6 is 11.6 Å². The van der Waals surface area contributed by atoms with Crippen LogP contribution in [0.1, 0.15) is 41.3 Å². The lowest BCUT2D eigenvalue weighted by molar-refractivity contribution is 0.112. The zero-order valence-electron chi connectivity index (χ0n) is 12.1. The van der Waals surface area contributed by atoms with Crippen molar-refractivity contribution >= 4 is 17.9 Å². The highest BCUT2D eigenvalue weighted by atomic mass is 35.5. The van der Waals surface area contributed by atoms with Gasteiger partial charge in [0.15, 0.2) is 6.29 Å². The summed E-state index contributed by atoms with van der Waals surface area (Å²) in [6.45, 7) is 7.00. The lowest BCUT2D eigenvalue weighted by atomic mass is 10.0. The molecule has 0 atom stereocenters. The number of aromatic nitrogens is 2. The molecule has 1 aromatic heterocycles. The number of unbranched alkanes of at least 4 members (excludes halogenated alkanes) is 1. The molecule has 0 unspecified atom stereocenters. The summed E-state index contributed by atoms with van der Waals surface area (Å²) in [5.41, 5.74) is 4.36. The van der Waals surface area contributed by atoms with Crippen molar-refractivity contribution in [3.8, 4) is 11.3 Å². The molecule has 0 bridgehead atoms. The second kappa shape index (κ2) is 6.23. The molecule has 0 saturated carbocycles. The lowest BCUT2D eigenvalue weighted by Gasteiger charge is -2.07. The van der Waals surface area contributed by atoms with E-state index < -0.39 is 0 Å². The number of nitrogens with zero attached hydrogens (tertiary/aromatic N) is 2. The monoisotopic (exact) mass is 290 g/mol. The minimum atomic E-state index is 0.589. The quantitative estimate of drug-likeness (QED) is 0.763. The van der Waals surface area contributed by atoms with E-state index in [1.807, 2.05) is 30.7 Å². The first-order valence-corrected chi connectivity index (χ1v) is 7.24. The van der Waals surface area contributed by atoms with E-state index in [1.165, 1.54) is 0 Å². The number of rotatable bonds is 5. The zero-order chi connectivity index (χ0) is 14.7. The molecule has 0 N–H and O–H groups in total. The highest BCUT2D eigenvalue weighted by molar-refractivity contribution is 6.33. The summed E-state index contributed by atoms with van der Waals surface area (Å²) in [6, 6.07) is 3.92. The van der Waals surface area contributed by atoms with Crippen LogP contribution < -0.4 is 0 Å². The number of halogens is 1. The third-order valence-electron chi connectivity index (χ3n) is 3.50. The summed E-state index contributed by atoms with van der Waals surface area (Å²) >= 11 is 6.31. The van der Waals surface area contributed by atoms with Gasteiger partial charge < -0.3 is 0 Å². The number of carbonyl (C=O) groups is 1. The molecule has 0 aliphatic rings. The van der Waals surface area contributed by atoms with E-state index in [1.54, 1.807) is 6.20 Å². The van der Waals surface area contributed by atoms with Crippen LogP contribution in [-0.2, 0) is 6.54 Å². The van der Waals surface area contributed by atoms with Crippen molar-refractivity contribution in [3.63, 3.8) is 0 Å². The molecular formula is C16H19ClN2O. The largest absolute Gasteiger partial charge is 0.298 e. The Labute approximate surface area is 124 Å². The van der Waals surface area contributed by atoms with Gasteiger partial charge in [0, 0.05) is 18.3 Å². The fourth-order valence-electron chi connectivity index (χ4n) is 2.13. The van der Waals surface area contributed by atoms with Crippen LogP contribution in [0.3, 0.4) is 0 Å². The van der Waals surface area contributed by atoms with Crippen molar-refractivity contribution in [3.05, 3.63) is 40.0 Å². The second-order valence-corrected chi connectivity index (χ2v) is 5.49. The molecule has 2 aromatic rings. The van der Waals surface area contributed by atoms with Gasteiger partial charge in [-0.2, -0.15) is 5.10 Å². The van der Waals surface area contributed by atoms with Gasteiger partial charge in [0.1, 0.15) is 5.69 Å². The van der Waals surface area contributed by atoms with E-state index in [-0.39, 0.29) is 0 Å². The molecule has 106 valence electrons. The standard InChI is InChI=1S/C16H19ClN2O/c1-4-5-6-19-9-13(10-20)16(18-19)14-7-11(2)12(3)8-15(14)17/h7-10H,4-6H2,1-3H3. The fraction of sp³-hybridized carbons (Fsp3) is 0.375. The Bertz CT molecular complexity index is 632. The molecule has 1 heterocycles. The Kier molecular flexibility index (Phi) is 4.61. The summed E-state index contributed by atoms with van der Waals surface area (Å²) in [4.78, 5) is 11.3. The minimum absolute atomic E-state index is 0.589. The predicted octanol–water partition coefficient (Wildman–Crippen LogP) is 4.43. The zero-order valence-corrected chi connectivity index (χ0v) is 12.9. The molecule has 1 aromatic carbocycles. The van der Waals surface area contributed by atoms with Crippen molar-refractivity contribution in [1.29, 1.82) is 0 Å². The summed E-state index contributed by atoms with van der Waals surface area (Å²) in [5.74, 6) is 0. The van der Waals surface area contributed by atoms with Gasteiger partial charge in [-0.25, -0.2) is 0 Å². The van der Waals surface area contributed by atoms with E-state index in [4.69, 9.17) is 11.6 Å². The first-order chi connectivity index (χ1) is 9.56. The molecule has 3 nitrogen and oxygen atoms in total. The SMILES string of the molecule is CCCCn1cc(C=O)c(-c2cc(C)c(C)cc2Cl)n1. The van der Waals surface area contributed by atoms with Crippen LogP contribution in [0.2, 0.25) is 5.02 Å². The molecule has 0 radical (unpaired) electrons. The lowest BCUT2D eigenvalue weighted by Crippen LogP contribution is -1.98. The molecule has 0 saturated heterocycles. The average molecular weight is 291 g/mol. The van der Waals surface area contributed by atoms with Crippen LogP contribution in [0.4, 0.5) is 0 Å². The summed E-state index contributed by atoms with van der Waals surface area (Å²) in [7, 11) is 0. The number of aldehydes is 1. The third-order valence-corrected chi connectivity index (χ3v) is 3.81. The highest BCUT2D eigenvalue weighted by Crippen LogP contribution is 2.31. The maximum Gasteiger partial charge on any atom is 0.153 e. The maximum atomic E-state index is 11.3. The van der Waals surface area contributed by atoms with E-state index in [2.05, 4.69) is 12.0 Å². The van der Waals surface area contributed by atoms with Gasteiger partial charge in [-0.05, 0) is 43.5 Å². The Morgan fingerprint density at radius 3 is 2.65 bits per heavy atom. The molecular weight excluding hydrogens is 272 g/mol. The van der Waals surface area contributed by atoms with E-state index in [0.717, 1.165) is 42.4 Å². The first-order valence-electron chi connectivity index (χ1n) is 6.86. The molecule has 2 rings (SSSR count). The van der Waals surface area contributed by atoms with E-state index in [0.29, 0.717) is 16.3 Å². The Morgan fingerprint density at radius 1 is 1.30 bits per heavy atom. The van der Waals surface area contributed by atoms with Crippen molar-refractivity contribution in [2.75, 3.05) is 0 Å². The van der Waals surface area contributed by atoms with Crippen LogP contribution in [-0.4, -0.2) is 16.1 Å². The van der Waals surface area contributed by atoms with Crippen molar-refractivity contribution in [2.24, 2.45) is 0 Å².